The molecule has 39 heavy (non-hydrogen) atoms. The maximum atomic E-state index is 13.4. The van der Waals surface area contributed by atoms with E-state index in [4.69, 9.17) is 5.26 Å². The van der Waals surface area contributed by atoms with Gasteiger partial charge in [-0.15, -0.1) is 0 Å². The van der Waals surface area contributed by atoms with E-state index in [9.17, 15) is 27.6 Å². The van der Waals surface area contributed by atoms with E-state index in [2.05, 4.69) is 4.90 Å². The van der Waals surface area contributed by atoms with E-state index in [1.807, 2.05) is 36.1 Å². The minimum absolute atomic E-state index is 0.0359. The number of nitrogens with zero attached hydrogens (tertiary/aromatic N) is 4. The van der Waals surface area contributed by atoms with Crippen molar-refractivity contribution in [2.24, 2.45) is 0 Å². The van der Waals surface area contributed by atoms with Gasteiger partial charge in [0, 0.05) is 42.9 Å². The third kappa shape index (κ3) is 5.88. The molecule has 4 rings (SSSR count). The number of imide groups is 1. The maximum Gasteiger partial charge on any atom is 0.417 e. The monoisotopic (exact) mass is 538 g/mol. The van der Waals surface area contributed by atoms with Gasteiger partial charge in [-0.25, -0.2) is 4.90 Å². The summed E-state index contributed by atoms with van der Waals surface area (Å²) in [6.07, 6.45) is -3.07. The molecule has 0 saturated carbocycles. The first kappa shape index (κ1) is 28.0. The van der Waals surface area contributed by atoms with Crippen molar-refractivity contribution in [2.75, 3.05) is 37.6 Å². The zero-order valence-corrected chi connectivity index (χ0v) is 21.8. The smallest absolute Gasteiger partial charge is 0.336 e. The molecule has 0 unspecified atom stereocenters. The summed E-state index contributed by atoms with van der Waals surface area (Å²) in [7, 11) is 0. The number of anilines is 1. The fraction of sp³-hybridized carbons (Fsp3) is 0.379. The van der Waals surface area contributed by atoms with Gasteiger partial charge in [0.25, 0.3) is 17.7 Å². The summed E-state index contributed by atoms with van der Waals surface area (Å²) in [5, 5.41) is 9.01. The van der Waals surface area contributed by atoms with E-state index in [0.717, 1.165) is 48.1 Å². The van der Waals surface area contributed by atoms with Crippen LogP contribution < -0.4 is 4.90 Å². The second-order valence-corrected chi connectivity index (χ2v) is 9.79. The van der Waals surface area contributed by atoms with Crippen molar-refractivity contribution in [3.8, 4) is 6.07 Å². The number of hydrogen-bond donors (Lipinski definition) is 0. The first-order valence-electron chi connectivity index (χ1n) is 12.8. The van der Waals surface area contributed by atoms with Gasteiger partial charge in [-0.3, -0.25) is 19.3 Å². The van der Waals surface area contributed by atoms with Gasteiger partial charge >= 0.3 is 6.18 Å². The Morgan fingerprint density at radius 2 is 1.67 bits per heavy atom. The van der Waals surface area contributed by atoms with E-state index in [1.54, 1.807) is 0 Å². The number of nitriles is 1. The van der Waals surface area contributed by atoms with Gasteiger partial charge in [0.05, 0.1) is 22.9 Å². The van der Waals surface area contributed by atoms with Gasteiger partial charge in [0.1, 0.15) is 0 Å². The van der Waals surface area contributed by atoms with E-state index < -0.39 is 29.1 Å². The van der Waals surface area contributed by atoms with Crippen LogP contribution in [0.15, 0.2) is 53.6 Å². The Morgan fingerprint density at radius 3 is 2.31 bits per heavy atom. The predicted molar refractivity (Wildman–Crippen MR) is 139 cm³/mol. The Morgan fingerprint density at radius 1 is 0.974 bits per heavy atom. The zero-order chi connectivity index (χ0) is 28.3. The Hall–Kier alpha value is -3.97. The van der Waals surface area contributed by atoms with Crippen molar-refractivity contribution in [3.05, 3.63) is 75.9 Å². The summed E-state index contributed by atoms with van der Waals surface area (Å²) in [6, 6.07) is 11.9. The fourth-order valence-electron chi connectivity index (χ4n) is 5.01. The highest BCUT2D eigenvalue weighted by molar-refractivity contribution is 6.32. The first-order chi connectivity index (χ1) is 18.5. The Labute approximate surface area is 225 Å². The van der Waals surface area contributed by atoms with Crippen LogP contribution in [0.2, 0.25) is 0 Å². The molecule has 2 aromatic rings. The molecule has 0 bridgehead atoms. The van der Waals surface area contributed by atoms with Crippen LogP contribution in [-0.4, -0.2) is 60.2 Å². The molecular formula is C29H29F3N4O3. The van der Waals surface area contributed by atoms with Crippen LogP contribution in [0.1, 0.15) is 53.2 Å². The highest BCUT2D eigenvalue weighted by Gasteiger charge is 2.39. The highest BCUT2D eigenvalue weighted by Crippen LogP contribution is 2.37. The van der Waals surface area contributed by atoms with Gasteiger partial charge in [0.15, 0.2) is 0 Å². The molecule has 204 valence electrons. The standard InChI is InChI=1S/C29H29F3N4O3/c1-19-7-3-4-8-23(19)27(38)35-15-13-34(14-16-35)12-6-5-9-24-20(2)26(37)36(28(24)39)22-11-10-21(18-33)25(17-22)29(30,31)32/h3-4,7-8,10-11,17H,5-6,9,12-16H2,1-2H3. The molecule has 7 nitrogen and oxygen atoms in total. The number of unbranched alkanes of at least 4 members (excludes halogenated alkanes) is 1. The van der Waals surface area contributed by atoms with Gasteiger partial charge < -0.3 is 4.90 Å². The van der Waals surface area contributed by atoms with E-state index >= 15 is 0 Å². The summed E-state index contributed by atoms with van der Waals surface area (Å²) >= 11 is 0. The third-order valence-corrected chi connectivity index (χ3v) is 7.31. The molecule has 0 atom stereocenters. The van der Waals surface area contributed by atoms with Gasteiger partial charge in [-0.2, -0.15) is 18.4 Å². The second-order valence-electron chi connectivity index (χ2n) is 9.79. The molecule has 0 spiro atoms. The van der Waals surface area contributed by atoms with E-state index in [1.165, 1.54) is 19.1 Å². The first-order valence-corrected chi connectivity index (χ1v) is 12.8. The average molecular weight is 539 g/mol. The lowest BCUT2D eigenvalue weighted by Gasteiger charge is -2.35. The lowest BCUT2D eigenvalue weighted by molar-refractivity contribution is -0.138. The molecule has 10 heteroatoms. The van der Waals surface area contributed by atoms with Crippen LogP contribution in [0, 0.1) is 18.3 Å². The summed E-state index contributed by atoms with van der Waals surface area (Å²) in [6.45, 7) is 6.94. The summed E-state index contributed by atoms with van der Waals surface area (Å²) < 4.78 is 40.2. The largest absolute Gasteiger partial charge is 0.417 e. The van der Waals surface area contributed by atoms with Crippen LogP contribution >= 0.6 is 0 Å². The number of hydrogen-bond acceptors (Lipinski definition) is 5. The van der Waals surface area contributed by atoms with E-state index in [0.29, 0.717) is 37.6 Å². The van der Waals surface area contributed by atoms with Crippen molar-refractivity contribution < 1.29 is 27.6 Å². The predicted octanol–water partition coefficient (Wildman–Crippen LogP) is 4.70. The van der Waals surface area contributed by atoms with Crippen LogP contribution in [0.3, 0.4) is 0 Å². The fourth-order valence-corrected chi connectivity index (χ4v) is 5.01. The maximum absolute atomic E-state index is 13.4. The third-order valence-electron chi connectivity index (χ3n) is 7.31. The Kier molecular flexibility index (Phi) is 8.21. The van der Waals surface area contributed by atoms with Crippen molar-refractivity contribution in [1.29, 1.82) is 5.26 Å². The lowest BCUT2D eigenvalue weighted by atomic mass is 10.0. The lowest BCUT2D eigenvalue weighted by Crippen LogP contribution is -2.48. The molecule has 3 amide bonds. The Bertz CT molecular complexity index is 1370. The summed E-state index contributed by atoms with van der Waals surface area (Å²) in [5.74, 6) is -1.24. The molecule has 2 aliphatic heterocycles. The molecule has 1 saturated heterocycles. The quantitative estimate of drug-likeness (QED) is 0.377. The van der Waals surface area contributed by atoms with Gasteiger partial charge in [-0.1, -0.05) is 18.2 Å². The van der Waals surface area contributed by atoms with Crippen LogP contribution in [0.5, 0.6) is 0 Å². The number of amides is 3. The molecule has 2 aliphatic rings. The second kappa shape index (κ2) is 11.4. The molecule has 0 radical (unpaired) electrons. The number of carbonyl (C=O) groups excluding carboxylic acids is 3. The number of rotatable bonds is 7. The number of carbonyl (C=O) groups is 3. The van der Waals surface area contributed by atoms with Gasteiger partial charge in [-0.05, 0) is 69.5 Å². The number of halogens is 3. The van der Waals surface area contributed by atoms with Crippen molar-refractivity contribution in [1.82, 2.24) is 9.80 Å². The van der Waals surface area contributed by atoms with Crippen molar-refractivity contribution >= 4 is 23.4 Å². The summed E-state index contributed by atoms with van der Waals surface area (Å²) in [4.78, 5) is 43.5. The summed E-state index contributed by atoms with van der Waals surface area (Å²) in [5.41, 5.74) is 0.227. The average Bonchev–Trinajstić information content (AvgIpc) is 3.13. The number of benzene rings is 2. The Balaban J connectivity index is 1.29. The molecule has 0 N–H and O–H groups in total. The van der Waals surface area contributed by atoms with Crippen LogP contribution in [-0.2, 0) is 15.8 Å². The SMILES string of the molecule is CC1=C(CCCCN2CCN(C(=O)c3ccccc3C)CC2)C(=O)N(c2ccc(C#N)c(C(F)(F)F)c2)C1=O. The zero-order valence-electron chi connectivity index (χ0n) is 21.8. The normalized spacial score (nSPS) is 16.7. The van der Waals surface area contributed by atoms with Crippen LogP contribution in [0.4, 0.5) is 18.9 Å². The molecular weight excluding hydrogens is 509 g/mol. The minimum Gasteiger partial charge on any atom is -0.336 e. The molecule has 2 aromatic carbocycles. The molecule has 1 fully saturated rings. The molecule has 2 heterocycles. The molecule has 0 aromatic heterocycles. The highest BCUT2D eigenvalue weighted by atomic mass is 19.4. The topological polar surface area (TPSA) is 84.7 Å². The van der Waals surface area contributed by atoms with Crippen LogP contribution in [0.25, 0.3) is 0 Å². The van der Waals surface area contributed by atoms with Gasteiger partial charge in [0.2, 0.25) is 0 Å². The van der Waals surface area contributed by atoms with Crippen molar-refractivity contribution in [2.45, 2.75) is 39.3 Å². The van der Waals surface area contributed by atoms with Crippen molar-refractivity contribution in [3.63, 3.8) is 0 Å². The minimum atomic E-state index is -4.79. The number of alkyl halides is 3. The molecule has 0 aliphatic carbocycles. The number of piperazine rings is 1. The number of aryl methyl sites for hydroxylation is 1. The van der Waals surface area contributed by atoms with E-state index in [-0.39, 0.29) is 17.2 Å².